The molecular weight excluding hydrogens is 285 g/mol. The second-order valence-electron chi connectivity index (χ2n) is 4.53. The third-order valence-electron chi connectivity index (χ3n) is 2.80. The van der Waals surface area contributed by atoms with Crippen LogP contribution in [0.5, 0.6) is 5.75 Å². The summed E-state index contributed by atoms with van der Waals surface area (Å²) in [5.41, 5.74) is 6.13. The summed E-state index contributed by atoms with van der Waals surface area (Å²) in [6.07, 6.45) is 2.99. The molecule has 0 saturated carbocycles. The minimum Gasteiger partial charge on any atom is -0.484 e. The van der Waals surface area contributed by atoms with Gasteiger partial charge >= 0.3 is 0 Å². The second kappa shape index (κ2) is 7.17. The molecule has 4 nitrogen and oxygen atoms in total. The lowest BCUT2D eigenvalue weighted by molar-refractivity contribution is -0.119. The molecule has 0 aliphatic rings. The van der Waals surface area contributed by atoms with Crippen LogP contribution < -0.4 is 10.5 Å². The summed E-state index contributed by atoms with van der Waals surface area (Å²) in [7, 11) is 0. The fraction of sp³-hybridized carbons (Fsp3) is 0.0588. The monoisotopic (exact) mass is 299 g/mol. The summed E-state index contributed by atoms with van der Waals surface area (Å²) in [5, 5.41) is 0. The number of ketones is 1. The first-order chi connectivity index (χ1) is 10.5. The summed E-state index contributed by atoms with van der Waals surface area (Å²) in [4.78, 5) is 22.7. The zero-order chi connectivity index (χ0) is 15.9. The first kappa shape index (κ1) is 15.4. The van der Waals surface area contributed by atoms with E-state index in [-0.39, 0.29) is 18.2 Å². The van der Waals surface area contributed by atoms with Crippen LogP contribution in [0.4, 0.5) is 4.39 Å². The molecule has 0 saturated heterocycles. The van der Waals surface area contributed by atoms with Gasteiger partial charge in [-0.2, -0.15) is 0 Å². The van der Waals surface area contributed by atoms with Crippen LogP contribution in [0.15, 0.2) is 54.6 Å². The summed E-state index contributed by atoms with van der Waals surface area (Å²) in [5.74, 6) is -0.760. The van der Waals surface area contributed by atoms with Gasteiger partial charge in [-0.05, 0) is 35.9 Å². The lowest BCUT2D eigenvalue weighted by atomic mass is 10.1. The number of hydrogen-bond donors (Lipinski definition) is 1. The van der Waals surface area contributed by atoms with Crippen molar-refractivity contribution >= 4 is 17.8 Å². The summed E-state index contributed by atoms with van der Waals surface area (Å²) < 4.78 is 17.9. The number of rotatable bonds is 6. The van der Waals surface area contributed by atoms with Crippen molar-refractivity contribution in [3.05, 3.63) is 71.6 Å². The molecule has 5 heteroatoms. The van der Waals surface area contributed by atoms with Crippen molar-refractivity contribution in [2.75, 3.05) is 6.61 Å². The minimum atomic E-state index is -0.590. The van der Waals surface area contributed by atoms with Gasteiger partial charge in [0.05, 0.1) is 0 Å². The molecule has 0 atom stereocenters. The van der Waals surface area contributed by atoms with E-state index in [1.165, 1.54) is 24.3 Å². The van der Waals surface area contributed by atoms with Crippen molar-refractivity contribution in [2.24, 2.45) is 5.73 Å². The van der Waals surface area contributed by atoms with Crippen molar-refractivity contribution < 1.29 is 18.7 Å². The zero-order valence-corrected chi connectivity index (χ0v) is 11.7. The van der Waals surface area contributed by atoms with E-state index in [1.54, 1.807) is 36.4 Å². The summed E-state index contributed by atoms with van der Waals surface area (Å²) in [6, 6.07) is 12.2. The Labute approximate surface area is 127 Å². The number of halogens is 1. The standard InChI is InChI=1S/C17H14FNO3/c18-14-7-4-12(5-8-14)6-9-16(20)13-2-1-3-15(10-13)22-11-17(19)21/h1-10H,11H2,(H2,19,21)/b9-6+. The molecule has 0 heterocycles. The Bertz CT molecular complexity index is 708. The van der Waals surface area contributed by atoms with Gasteiger partial charge < -0.3 is 10.5 Å². The number of hydrogen-bond acceptors (Lipinski definition) is 3. The Morgan fingerprint density at radius 3 is 2.55 bits per heavy atom. The van der Waals surface area contributed by atoms with Gasteiger partial charge in [-0.3, -0.25) is 9.59 Å². The lowest BCUT2D eigenvalue weighted by Crippen LogP contribution is -2.20. The number of benzene rings is 2. The van der Waals surface area contributed by atoms with Gasteiger partial charge in [-0.25, -0.2) is 4.39 Å². The number of allylic oxidation sites excluding steroid dienone is 1. The Balaban J connectivity index is 2.07. The van der Waals surface area contributed by atoms with Crippen LogP contribution in [0.2, 0.25) is 0 Å². The van der Waals surface area contributed by atoms with E-state index < -0.39 is 5.91 Å². The highest BCUT2D eigenvalue weighted by Crippen LogP contribution is 2.15. The Morgan fingerprint density at radius 1 is 1.14 bits per heavy atom. The Kier molecular flexibility index (Phi) is 5.03. The predicted molar refractivity (Wildman–Crippen MR) is 80.9 cm³/mol. The van der Waals surface area contributed by atoms with E-state index >= 15 is 0 Å². The molecule has 0 aromatic heterocycles. The maximum Gasteiger partial charge on any atom is 0.255 e. The zero-order valence-electron chi connectivity index (χ0n) is 11.7. The number of carbonyl (C=O) groups is 2. The molecule has 0 fully saturated rings. The highest BCUT2D eigenvalue weighted by Gasteiger charge is 2.04. The molecule has 0 unspecified atom stereocenters. The number of ether oxygens (including phenoxy) is 1. The lowest BCUT2D eigenvalue weighted by Gasteiger charge is -2.04. The third-order valence-corrected chi connectivity index (χ3v) is 2.80. The van der Waals surface area contributed by atoms with Gasteiger partial charge in [0.25, 0.3) is 5.91 Å². The van der Waals surface area contributed by atoms with Crippen molar-refractivity contribution in [2.45, 2.75) is 0 Å². The Morgan fingerprint density at radius 2 is 1.86 bits per heavy atom. The molecule has 0 aliphatic carbocycles. The summed E-state index contributed by atoms with van der Waals surface area (Å²) in [6.45, 7) is -0.247. The van der Waals surface area contributed by atoms with Crippen molar-refractivity contribution in [3.8, 4) is 5.75 Å². The van der Waals surface area contributed by atoms with Crippen LogP contribution in [0.3, 0.4) is 0 Å². The second-order valence-corrected chi connectivity index (χ2v) is 4.53. The van der Waals surface area contributed by atoms with Crippen LogP contribution in [-0.2, 0) is 4.79 Å². The molecule has 0 radical (unpaired) electrons. The first-order valence-corrected chi connectivity index (χ1v) is 6.54. The maximum absolute atomic E-state index is 12.8. The molecule has 22 heavy (non-hydrogen) atoms. The third kappa shape index (κ3) is 4.56. The van der Waals surface area contributed by atoms with E-state index in [9.17, 15) is 14.0 Å². The van der Waals surface area contributed by atoms with Crippen LogP contribution >= 0.6 is 0 Å². The topological polar surface area (TPSA) is 69.4 Å². The Hall–Kier alpha value is -2.95. The molecule has 0 aliphatic heterocycles. The molecular formula is C17H14FNO3. The van der Waals surface area contributed by atoms with Crippen LogP contribution in [0, 0.1) is 5.82 Å². The van der Waals surface area contributed by atoms with Gasteiger partial charge in [-0.1, -0.05) is 30.3 Å². The van der Waals surface area contributed by atoms with Gasteiger partial charge in [0.15, 0.2) is 12.4 Å². The van der Waals surface area contributed by atoms with E-state index in [1.807, 2.05) is 0 Å². The van der Waals surface area contributed by atoms with E-state index in [4.69, 9.17) is 10.5 Å². The number of amides is 1. The highest BCUT2D eigenvalue weighted by atomic mass is 19.1. The van der Waals surface area contributed by atoms with E-state index in [2.05, 4.69) is 0 Å². The summed E-state index contributed by atoms with van der Waals surface area (Å²) >= 11 is 0. The predicted octanol–water partition coefficient (Wildman–Crippen LogP) is 2.59. The maximum atomic E-state index is 12.8. The molecule has 0 spiro atoms. The fourth-order valence-corrected chi connectivity index (χ4v) is 1.74. The largest absolute Gasteiger partial charge is 0.484 e. The van der Waals surface area contributed by atoms with E-state index in [0.29, 0.717) is 11.3 Å². The average molecular weight is 299 g/mol. The molecule has 1 amide bonds. The minimum absolute atomic E-state index is 0.228. The highest BCUT2D eigenvalue weighted by molar-refractivity contribution is 6.07. The van der Waals surface area contributed by atoms with Gasteiger partial charge in [0.2, 0.25) is 0 Å². The number of carbonyl (C=O) groups excluding carboxylic acids is 2. The van der Waals surface area contributed by atoms with Gasteiger partial charge in [0, 0.05) is 5.56 Å². The first-order valence-electron chi connectivity index (χ1n) is 6.54. The molecule has 2 aromatic rings. The average Bonchev–Trinajstić information content (AvgIpc) is 2.52. The number of nitrogens with two attached hydrogens (primary N) is 1. The smallest absolute Gasteiger partial charge is 0.255 e. The van der Waals surface area contributed by atoms with Gasteiger partial charge in [-0.15, -0.1) is 0 Å². The molecule has 0 bridgehead atoms. The fourth-order valence-electron chi connectivity index (χ4n) is 1.74. The van der Waals surface area contributed by atoms with Crippen LogP contribution in [-0.4, -0.2) is 18.3 Å². The molecule has 2 aromatic carbocycles. The SMILES string of the molecule is NC(=O)COc1cccc(C(=O)/C=C/c2ccc(F)cc2)c1. The van der Waals surface area contributed by atoms with Crippen LogP contribution in [0.1, 0.15) is 15.9 Å². The molecule has 2 N–H and O–H groups in total. The van der Waals surface area contributed by atoms with Gasteiger partial charge in [0.1, 0.15) is 11.6 Å². The van der Waals surface area contributed by atoms with Crippen molar-refractivity contribution in [1.29, 1.82) is 0 Å². The van der Waals surface area contributed by atoms with Crippen molar-refractivity contribution in [1.82, 2.24) is 0 Å². The molecule has 2 rings (SSSR count). The quantitative estimate of drug-likeness (QED) is 0.658. The molecule has 112 valence electrons. The van der Waals surface area contributed by atoms with Crippen molar-refractivity contribution in [3.63, 3.8) is 0 Å². The van der Waals surface area contributed by atoms with E-state index in [0.717, 1.165) is 5.56 Å². The number of primary amides is 1. The van der Waals surface area contributed by atoms with Crippen LogP contribution in [0.25, 0.3) is 6.08 Å². The normalized spacial score (nSPS) is 10.6.